The van der Waals surface area contributed by atoms with E-state index in [1.54, 1.807) is 0 Å². The number of carbonyl (C=O) groups is 1. The van der Waals surface area contributed by atoms with Crippen LogP contribution in [0, 0.1) is 5.41 Å². The number of hydrogen-bond donors (Lipinski definition) is 1. The maximum Gasteiger partial charge on any atom is 0.231 e. The standard InChI is InChI=1S/C20H24N2O2/c1-2-16-12-17(24-22-16)13-21-18(23)20(15-8-4-3-5-9-15)14-19(20)10-6-7-11-19/h3-5,8-9,12H,2,6-7,10-11,13-14H2,1H3,(H,21,23)/t20-/m0/s1. The zero-order valence-corrected chi connectivity index (χ0v) is 14.2. The summed E-state index contributed by atoms with van der Waals surface area (Å²) in [6.45, 7) is 2.45. The van der Waals surface area contributed by atoms with Crippen LogP contribution in [0.3, 0.4) is 0 Å². The van der Waals surface area contributed by atoms with Crippen LogP contribution in [0.15, 0.2) is 40.9 Å². The summed E-state index contributed by atoms with van der Waals surface area (Å²) in [7, 11) is 0. The summed E-state index contributed by atoms with van der Waals surface area (Å²) in [4.78, 5) is 13.2. The number of nitrogens with one attached hydrogen (secondary N) is 1. The molecule has 4 heteroatoms. The maximum absolute atomic E-state index is 13.2. The first-order valence-corrected chi connectivity index (χ1v) is 8.98. The van der Waals surface area contributed by atoms with Crippen LogP contribution < -0.4 is 5.32 Å². The molecule has 126 valence electrons. The Balaban J connectivity index is 1.55. The highest BCUT2D eigenvalue weighted by Crippen LogP contribution is 2.72. The molecular weight excluding hydrogens is 300 g/mol. The molecule has 1 atom stereocenters. The van der Waals surface area contributed by atoms with Crippen molar-refractivity contribution < 1.29 is 9.32 Å². The molecule has 0 bridgehead atoms. The van der Waals surface area contributed by atoms with Gasteiger partial charge in [0.1, 0.15) is 0 Å². The van der Waals surface area contributed by atoms with Crippen LogP contribution in [0.5, 0.6) is 0 Å². The average molecular weight is 324 g/mol. The number of hydrogen-bond acceptors (Lipinski definition) is 3. The molecule has 4 nitrogen and oxygen atoms in total. The molecule has 2 aromatic rings. The Kier molecular flexibility index (Phi) is 3.70. The third-order valence-electron chi connectivity index (χ3n) is 5.99. The molecule has 1 N–H and O–H groups in total. The van der Waals surface area contributed by atoms with E-state index < -0.39 is 0 Å². The second-order valence-corrected chi connectivity index (χ2v) is 7.26. The molecule has 1 spiro atoms. The number of amides is 1. The number of rotatable bonds is 5. The van der Waals surface area contributed by atoms with Crippen molar-refractivity contribution in [1.82, 2.24) is 10.5 Å². The molecule has 24 heavy (non-hydrogen) atoms. The van der Waals surface area contributed by atoms with Crippen LogP contribution >= 0.6 is 0 Å². The van der Waals surface area contributed by atoms with Crippen molar-refractivity contribution in [2.24, 2.45) is 5.41 Å². The fraction of sp³-hybridized carbons (Fsp3) is 0.500. The fourth-order valence-corrected chi connectivity index (χ4v) is 4.63. The van der Waals surface area contributed by atoms with E-state index in [4.69, 9.17) is 4.52 Å². The molecular formula is C20H24N2O2. The van der Waals surface area contributed by atoms with E-state index in [2.05, 4.69) is 22.6 Å². The van der Waals surface area contributed by atoms with E-state index in [1.165, 1.54) is 12.8 Å². The molecule has 1 heterocycles. The lowest BCUT2D eigenvalue weighted by Crippen LogP contribution is -2.38. The van der Waals surface area contributed by atoms with Crippen LogP contribution in [0.4, 0.5) is 0 Å². The van der Waals surface area contributed by atoms with Crippen LogP contribution in [0.2, 0.25) is 0 Å². The SMILES string of the molecule is CCc1cc(CNC(=O)[C@@]2(c3ccccc3)CC23CCCC3)on1. The fourth-order valence-electron chi connectivity index (χ4n) is 4.63. The zero-order chi connectivity index (χ0) is 16.6. The first kappa shape index (κ1) is 15.4. The highest BCUT2D eigenvalue weighted by Gasteiger charge is 2.72. The molecule has 2 aliphatic rings. The number of aromatic nitrogens is 1. The molecule has 1 aromatic heterocycles. The van der Waals surface area contributed by atoms with E-state index >= 15 is 0 Å². The van der Waals surface area contributed by atoms with Crippen molar-refractivity contribution in [3.8, 4) is 0 Å². The minimum atomic E-state index is -0.349. The van der Waals surface area contributed by atoms with Gasteiger partial charge < -0.3 is 9.84 Å². The predicted octanol–water partition coefficient (Wildman–Crippen LogP) is 3.76. The van der Waals surface area contributed by atoms with E-state index in [-0.39, 0.29) is 16.7 Å². The van der Waals surface area contributed by atoms with Crippen molar-refractivity contribution in [1.29, 1.82) is 0 Å². The Bertz CT molecular complexity index is 731. The summed E-state index contributed by atoms with van der Waals surface area (Å²) in [6, 6.07) is 12.2. The summed E-state index contributed by atoms with van der Waals surface area (Å²) in [5.74, 6) is 0.870. The third-order valence-corrected chi connectivity index (χ3v) is 5.99. The smallest absolute Gasteiger partial charge is 0.231 e. The molecule has 0 saturated heterocycles. The molecule has 1 aromatic carbocycles. The van der Waals surface area contributed by atoms with Crippen molar-refractivity contribution in [3.63, 3.8) is 0 Å². The van der Waals surface area contributed by atoms with Crippen molar-refractivity contribution in [2.75, 3.05) is 0 Å². The van der Waals surface area contributed by atoms with Gasteiger partial charge in [-0.15, -0.1) is 0 Å². The van der Waals surface area contributed by atoms with Crippen LogP contribution in [-0.4, -0.2) is 11.1 Å². The minimum absolute atomic E-state index is 0.144. The van der Waals surface area contributed by atoms with Gasteiger partial charge in [-0.1, -0.05) is 55.3 Å². The maximum atomic E-state index is 13.2. The summed E-state index contributed by atoms with van der Waals surface area (Å²) >= 11 is 0. The molecule has 2 aliphatic carbocycles. The first-order valence-electron chi connectivity index (χ1n) is 8.98. The van der Waals surface area contributed by atoms with Crippen LogP contribution in [0.1, 0.15) is 56.0 Å². The number of nitrogens with zero attached hydrogens (tertiary/aromatic N) is 1. The minimum Gasteiger partial charge on any atom is -0.359 e. The highest BCUT2D eigenvalue weighted by atomic mass is 16.5. The summed E-state index contributed by atoms with van der Waals surface area (Å²) < 4.78 is 5.30. The lowest BCUT2D eigenvalue weighted by Gasteiger charge is -2.22. The largest absolute Gasteiger partial charge is 0.359 e. The quantitative estimate of drug-likeness (QED) is 0.911. The normalized spacial score (nSPS) is 24.2. The second kappa shape index (κ2) is 5.76. The average Bonchev–Trinajstić information content (AvgIpc) is 2.96. The van der Waals surface area contributed by atoms with Gasteiger partial charge in [0.15, 0.2) is 5.76 Å². The Hall–Kier alpha value is -2.10. The van der Waals surface area contributed by atoms with Gasteiger partial charge >= 0.3 is 0 Å². The van der Waals surface area contributed by atoms with Gasteiger partial charge in [-0.2, -0.15) is 0 Å². The van der Waals surface area contributed by atoms with E-state index in [0.717, 1.165) is 42.7 Å². The molecule has 2 saturated carbocycles. The monoisotopic (exact) mass is 324 g/mol. The van der Waals surface area contributed by atoms with Crippen LogP contribution in [0.25, 0.3) is 0 Å². The summed E-state index contributed by atoms with van der Waals surface area (Å²) in [6.07, 6.45) is 6.63. The summed E-state index contributed by atoms with van der Waals surface area (Å²) in [5.41, 5.74) is 1.92. The lowest BCUT2D eigenvalue weighted by atomic mass is 9.84. The third kappa shape index (κ3) is 2.27. The zero-order valence-electron chi connectivity index (χ0n) is 14.2. The van der Waals surface area contributed by atoms with E-state index in [1.807, 2.05) is 31.2 Å². The topological polar surface area (TPSA) is 55.1 Å². The Morgan fingerprint density at radius 3 is 2.67 bits per heavy atom. The molecule has 2 fully saturated rings. The van der Waals surface area contributed by atoms with E-state index in [0.29, 0.717) is 6.54 Å². The molecule has 0 radical (unpaired) electrons. The predicted molar refractivity (Wildman–Crippen MR) is 91.4 cm³/mol. The second-order valence-electron chi connectivity index (χ2n) is 7.26. The van der Waals surface area contributed by atoms with Gasteiger partial charge in [-0.3, -0.25) is 4.79 Å². The highest BCUT2D eigenvalue weighted by molar-refractivity contribution is 5.93. The Morgan fingerprint density at radius 1 is 1.25 bits per heavy atom. The number of aryl methyl sites for hydroxylation is 1. The van der Waals surface area contributed by atoms with Crippen molar-refractivity contribution in [3.05, 3.63) is 53.4 Å². The van der Waals surface area contributed by atoms with Gasteiger partial charge in [-0.05, 0) is 36.7 Å². The van der Waals surface area contributed by atoms with E-state index in [9.17, 15) is 4.79 Å². The molecule has 0 unspecified atom stereocenters. The van der Waals surface area contributed by atoms with Gasteiger partial charge in [-0.25, -0.2) is 0 Å². The first-order chi connectivity index (χ1) is 11.7. The van der Waals surface area contributed by atoms with Gasteiger partial charge in [0.25, 0.3) is 0 Å². The Morgan fingerprint density at radius 2 is 2.00 bits per heavy atom. The van der Waals surface area contributed by atoms with Crippen molar-refractivity contribution in [2.45, 2.75) is 57.4 Å². The molecule has 4 rings (SSSR count). The molecule has 1 amide bonds. The molecule has 0 aliphatic heterocycles. The lowest BCUT2D eigenvalue weighted by molar-refractivity contribution is -0.124. The Labute approximate surface area is 142 Å². The van der Waals surface area contributed by atoms with Crippen LogP contribution in [-0.2, 0) is 23.2 Å². The van der Waals surface area contributed by atoms with Gasteiger partial charge in [0, 0.05) is 6.07 Å². The summed E-state index contributed by atoms with van der Waals surface area (Å²) in [5, 5.41) is 7.11. The van der Waals surface area contributed by atoms with Gasteiger partial charge in [0.05, 0.1) is 17.7 Å². The van der Waals surface area contributed by atoms with Crippen molar-refractivity contribution >= 4 is 5.91 Å². The number of benzene rings is 1. The number of carbonyl (C=O) groups excluding carboxylic acids is 1. The van der Waals surface area contributed by atoms with Gasteiger partial charge in [0.2, 0.25) is 5.91 Å².